The Kier molecular flexibility index (Phi) is 8.62. The second-order valence-electron chi connectivity index (χ2n) is 11.6. The van der Waals surface area contributed by atoms with Gasteiger partial charge in [-0.25, -0.2) is 9.78 Å². The van der Waals surface area contributed by atoms with Gasteiger partial charge in [0.2, 0.25) is 5.91 Å². The van der Waals surface area contributed by atoms with Crippen molar-refractivity contribution in [1.29, 1.82) is 0 Å². The zero-order chi connectivity index (χ0) is 29.9. The molecule has 1 fully saturated rings. The summed E-state index contributed by atoms with van der Waals surface area (Å²) in [5, 5.41) is 20.4. The molecule has 1 aromatic carbocycles. The second-order valence-corrected chi connectivity index (χ2v) is 12.7. The Hall–Kier alpha value is -4.07. The minimum Gasteiger partial charge on any atom is -0.494 e. The van der Waals surface area contributed by atoms with Crippen molar-refractivity contribution in [2.45, 2.75) is 44.5 Å². The monoisotopic (exact) mass is 575 g/mol. The molecule has 212 valence electrons. The van der Waals surface area contributed by atoms with Crippen molar-refractivity contribution < 1.29 is 23.9 Å². The van der Waals surface area contributed by atoms with Crippen molar-refractivity contribution in [1.82, 2.24) is 20.5 Å². The Balaban J connectivity index is 1.65. The topological polar surface area (TPSA) is 156 Å². The van der Waals surface area contributed by atoms with Gasteiger partial charge in [-0.1, -0.05) is 17.4 Å². The maximum absolute atomic E-state index is 13.1. The lowest BCUT2D eigenvalue weighted by Crippen LogP contribution is -2.50. The van der Waals surface area contributed by atoms with Gasteiger partial charge >= 0.3 is 6.09 Å². The number of carbonyl (C=O) groups excluding carboxylic acids is 3. The number of nitrogens with one attached hydrogen (secondary N) is 4. The smallest absolute Gasteiger partial charge is 0.412 e. The van der Waals surface area contributed by atoms with Crippen molar-refractivity contribution in [2.24, 2.45) is 5.92 Å². The molecule has 3 aromatic rings. The minimum atomic E-state index is -0.633. The Morgan fingerprint density at radius 2 is 1.78 bits per heavy atom. The first kappa shape index (κ1) is 29.9. The van der Waals surface area contributed by atoms with Crippen LogP contribution in [0.25, 0.3) is 10.6 Å². The van der Waals surface area contributed by atoms with E-state index < -0.39 is 22.8 Å². The van der Waals surface area contributed by atoms with Gasteiger partial charge in [0.05, 0.1) is 30.2 Å². The number of anilines is 4. The van der Waals surface area contributed by atoms with Crippen LogP contribution in [-0.4, -0.2) is 74.6 Å². The van der Waals surface area contributed by atoms with Crippen LogP contribution in [0.1, 0.15) is 44.1 Å². The van der Waals surface area contributed by atoms with E-state index in [9.17, 15) is 14.4 Å². The summed E-state index contributed by atoms with van der Waals surface area (Å²) >= 11 is 1.25. The molecule has 4 rings (SSSR count). The van der Waals surface area contributed by atoms with E-state index in [0.717, 1.165) is 12.8 Å². The van der Waals surface area contributed by atoms with Gasteiger partial charge in [0, 0.05) is 12.0 Å². The van der Waals surface area contributed by atoms with E-state index in [4.69, 9.17) is 9.47 Å². The lowest BCUT2D eigenvalue weighted by atomic mass is 9.49. The van der Waals surface area contributed by atoms with Crippen LogP contribution >= 0.6 is 11.3 Å². The molecular formula is C25H32B3N7O5S. The summed E-state index contributed by atoms with van der Waals surface area (Å²) in [6.07, 6.45) is 2.64. The first-order valence-corrected chi connectivity index (χ1v) is 14.0. The van der Waals surface area contributed by atoms with E-state index in [-0.39, 0.29) is 23.3 Å². The average molecular weight is 575 g/mol. The van der Waals surface area contributed by atoms with Gasteiger partial charge in [-0.15, -0.1) is 10.2 Å². The number of methoxy groups -OCH3 is 1. The standard InChI is InChI=1S/C25H32B3N7O5S/c1-24(2,3)40-23(38)32-17-11-29-22(41-17)13-6-5-7-14(19(13)39-4)30-15-10-16(31-20(36)12-8-9-12)34-35-18(15)21(37)33-25(26,27)28/h5-7,10-12H,8-9,26-28H2,1-4H3,(H,32,38)(H,33,37)(H2,30,31,34,36). The minimum absolute atomic E-state index is 0.0261. The summed E-state index contributed by atoms with van der Waals surface area (Å²) in [7, 11) is 7.11. The SMILES string of the molecule is BC(B)(B)NC(=O)c1nnc(NC(=O)C2CC2)cc1Nc1cccc(-c2ncc(NC(=O)OC(C)(C)C)s2)c1OC. The van der Waals surface area contributed by atoms with Crippen LogP contribution in [0.5, 0.6) is 5.75 Å². The Morgan fingerprint density at radius 1 is 1.05 bits per heavy atom. The summed E-state index contributed by atoms with van der Waals surface area (Å²) in [5.74, 6) is 0.0939. The fourth-order valence-electron chi connectivity index (χ4n) is 3.72. The van der Waals surface area contributed by atoms with E-state index >= 15 is 0 Å². The number of para-hydroxylation sites is 1. The van der Waals surface area contributed by atoms with Gasteiger partial charge in [0.1, 0.15) is 39.1 Å². The van der Waals surface area contributed by atoms with Crippen molar-refractivity contribution in [3.63, 3.8) is 0 Å². The number of benzene rings is 1. The predicted octanol–water partition coefficient (Wildman–Crippen LogP) is 1.29. The maximum atomic E-state index is 13.1. The molecule has 1 aliphatic carbocycles. The summed E-state index contributed by atoms with van der Waals surface area (Å²) in [6.45, 7) is 5.36. The average Bonchev–Trinajstić information content (AvgIpc) is 3.61. The number of amides is 3. The molecule has 2 heterocycles. The second kappa shape index (κ2) is 11.8. The zero-order valence-corrected chi connectivity index (χ0v) is 25.0. The molecule has 0 saturated heterocycles. The van der Waals surface area contributed by atoms with Crippen LogP contribution in [0.2, 0.25) is 0 Å². The molecule has 3 amide bonds. The molecule has 12 nitrogen and oxygen atoms in total. The van der Waals surface area contributed by atoms with Crippen molar-refractivity contribution >= 4 is 75.0 Å². The highest BCUT2D eigenvalue weighted by Crippen LogP contribution is 2.41. The lowest BCUT2D eigenvalue weighted by molar-refractivity contribution is -0.117. The molecule has 1 saturated carbocycles. The van der Waals surface area contributed by atoms with Crippen LogP contribution in [-0.2, 0) is 9.53 Å². The quantitative estimate of drug-likeness (QED) is 0.276. The molecular weight excluding hydrogens is 543 g/mol. The van der Waals surface area contributed by atoms with E-state index in [1.807, 2.05) is 35.7 Å². The third-order valence-electron chi connectivity index (χ3n) is 5.55. The molecule has 41 heavy (non-hydrogen) atoms. The summed E-state index contributed by atoms with van der Waals surface area (Å²) in [5.41, 5.74) is 0.930. The lowest BCUT2D eigenvalue weighted by Gasteiger charge is -2.22. The molecule has 0 bridgehead atoms. The highest BCUT2D eigenvalue weighted by Gasteiger charge is 2.30. The molecule has 0 radical (unpaired) electrons. The first-order valence-electron chi connectivity index (χ1n) is 13.1. The first-order chi connectivity index (χ1) is 19.2. The Labute approximate surface area is 245 Å². The van der Waals surface area contributed by atoms with Crippen molar-refractivity contribution in [2.75, 3.05) is 23.1 Å². The van der Waals surface area contributed by atoms with E-state index in [1.165, 1.54) is 18.4 Å². The van der Waals surface area contributed by atoms with Gasteiger partial charge in [0.15, 0.2) is 17.3 Å². The molecule has 0 unspecified atom stereocenters. The number of carbonyl (C=O) groups is 3. The van der Waals surface area contributed by atoms with Gasteiger partial charge in [-0.3, -0.25) is 14.9 Å². The molecule has 0 spiro atoms. The Morgan fingerprint density at radius 3 is 2.41 bits per heavy atom. The van der Waals surface area contributed by atoms with Crippen LogP contribution < -0.4 is 26.0 Å². The van der Waals surface area contributed by atoms with Crippen molar-refractivity contribution in [3.05, 3.63) is 36.2 Å². The summed E-state index contributed by atoms with van der Waals surface area (Å²) in [4.78, 5) is 42.1. The zero-order valence-electron chi connectivity index (χ0n) is 24.2. The number of ether oxygens (including phenoxy) is 2. The molecule has 4 N–H and O–H groups in total. The van der Waals surface area contributed by atoms with Crippen molar-refractivity contribution in [3.8, 4) is 16.3 Å². The number of hydrogen-bond donors (Lipinski definition) is 4. The van der Waals surface area contributed by atoms with Crippen LogP contribution in [0.3, 0.4) is 0 Å². The number of nitrogens with zero attached hydrogens (tertiary/aromatic N) is 3. The van der Waals surface area contributed by atoms with Crippen LogP contribution in [0.4, 0.5) is 27.0 Å². The molecule has 0 aliphatic heterocycles. The number of hydrogen-bond acceptors (Lipinski definition) is 10. The van der Waals surface area contributed by atoms with Gasteiger partial charge in [0.25, 0.3) is 5.91 Å². The third-order valence-corrected chi connectivity index (χ3v) is 6.49. The number of thiazole rings is 1. The van der Waals surface area contributed by atoms with E-state index in [0.29, 0.717) is 32.7 Å². The fourth-order valence-corrected chi connectivity index (χ4v) is 4.54. The summed E-state index contributed by atoms with van der Waals surface area (Å²) < 4.78 is 11.1. The molecule has 1 aliphatic rings. The summed E-state index contributed by atoms with van der Waals surface area (Å²) in [6, 6.07) is 6.99. The van der Waals surface area contributed by atoms with Gasteiger partial charge in [-0.2, -0.15) is 0 Å². The molecule has 2 aromatic heterocycles. The van der Waals surface area contributed by atoms with E-state index in [2.05, 4.69) is 36.4 Å². The van der Waals surface area contributed by atoms with E-state index in [1.54, 1.807) is 39.1 Å². The maximum Gasteiger partial charge on any atom is 0.412 e. The fraction of sp³-hybridized carbons (Fsp3) is 0.360. The van der Waals surface area contributed by atoms with Gasteiger partial charge < -0.3 is 25.4 Å². The predicted molar refractivity (Wildman–Crippen MR) is 166 cm³/mol. The Bertz CT molecular complexity index is 1470. The highest BCUT2D eigenvalue weighted by atomic mass is 32.1. The molecule has 16 heteroatoms. The third kappa shape index (κ3) is 8.22. The highest BCUT2D eigenvalue weighted by molar-refractivity contribution is 7.19. The number of rotatable bonds is 9. The van der Waals surface area contributed by atoms with Crippen LogP contribution in [0.15, 0.2) is 30.5 Å². The largest absolute Gasteiger partial charge is 0.494 e. The molecule has 0 atom stereocenters. The normalized spacial score (nSPS) is 13.2. The van der Waals surface area contributed by atoms with Gasteiger partial charge in [-0.05, 0) is 51.0 Å². The van der Waals surface area contributed by atoms with Crippen LogP contribution in [0, 0.1) is 5.92 Å². The number of aromatic nitrogens is 3.